The molecule has 0 aliphatic rings. The quantitative estimate of drug-likeness (QED) is 0.832. The number of imidazole rings is 1. The lowest BCUT2D eigenvalue weighted by atomic mass is 10.2. The van der Waals surface area contributed by atoms with E-state index in [9.17, 15) is 13.6 Å². The summed E-state index contributed by atoms with van der Waals surface area (Å²) in [6, 6.07) is 6.99. The van der Waals surface area contributed by atoms with Crippen molar-refractivity contribution in [2.45, 2.75) is 23.6 Å². The first-order valence-corrected chi connectivity index (χ1v) is 6.78. The number of hydrogen-bond donors (Lipinski definition) is 1. The molecule has 1 aromatic carbocycles. The average Bonchev–Trinajstić information content (AvgIpc) is 2.86. The second kappa shape index (κ2) is 6.51. The van der Waals surface area contributed by atoms with Crippen molar-refractivity contribution in [2.75, 3.05) is 0 Å². The van der Waals surface area contributed by atoms with Crippen molar-refractivity contribution in [1.82, 2.24) is 9.55 Å². The summed E-state index contributed by atoms with van der Waals surface area (Å²) >= 11 is 1.37. The van der Waals surface area contributed by atoms with E-state index < -0.39 is 12.5 Å². The molecule has 0 aliphatic carbocycles. The normalized spacial score (nSPS) is 10.9. The van der Waals surface area contributed by atoms with Crippen LogP contribution < -0.4 is 0 Å². The number of carboxylic acid groups (broad SMARTS) is 1. The maximum absolute atomic E-state index is 12.6. The summed E-state index contributed by atoms with van der Waals surface area (Å²) in [5.41, 5.74) is 0.705. The van der Waals surface area contributed by atoms with E-state index in [2.05, 4.69) is 4.98 Å². The predicted molar refractivity (Wildman–Crippen MR) is 70.8 cm³/mol. The van der Waals surface area contributed by atoms with E-state index in [-0.39, 0.29) is 6.42 Å². The molecule has 0 atom stereocenters. The minimum Gasteiger partial charge on any atom is -0.481 e. The van der Waals surface area contributed by atoms with Crippen LogP contribution in [-0.4, -0.2) is 20.6 Å². The summed E-state index contributed by atoms with van der Waals surface area (Å²) in [6.45, 7) is -2.59. The Morgan fingerprint density at radius 1 is 1.35 bits per heavy atom. The molecule has 20 heavy (non-hydrogen) atoms. The van der Waals surface area contributed by atoms with Gasteiger partial charge in [-0.25, -0.2) is 4.98 Å². The first-order valence-electron chi connectivity index (χ1n) is 5.79. The van der Waals surface area contributed by atoms with Gasteiger partial charge >= 0.3 is 12.5 Å². The minimum atomic E-state index is -2.59. The lowest BCUT2D eigenvalue weighted by Gasteiger charge is -2.06. The maximum Gasteiger partial charge on any atom is 0.319 e. The number of halogens is 2. The van der Waals surface area contributed by atoms with Crippen LogP contribution in [0.3, 0.4) is 0 Å². The number of alkyl halides is 2. The molecule has 0 spiro atoms. The Hall–Kier alpha value is -1.89. The molecule has 7 heteroatoms. The third kappa shape index (κ3) is 3.80. The van der Waals surface area contributed by atoms with Gasteiger partial charge in [0.25, 0.3) is 0 Å². The highest BCUT2D eigenvalue weighted by molar-refractivity contribution is 7.98. The summed E-state index contributed by atoms with van der Waals surface area (Å²) in [4.78, 5) is 15.3. The van der Waals surface area contributed by atoms with Crippen molar-refractivity contribution >= 4 is 17.7 Å². The van der Waals surface area contributed by atoms with Crippen molar-refractivity contribution in [3.05, 3.63) is 48.0 Å². The van der Waals surface area contributed by atoms with Crippen LogP contribution in [0.5, 0.6) is 0 Å². The van der Waals surface area contributed by atoms with Gasteiger partial charge in [0.15, 0.2) is 0 Å². The van der Waals surface area contributed by atoms with Gasteiger partial charge in [-0.05, 0) is 17.7 Å². The number of aliphatic carboxylic acids is 1. The minimum absolute atomic E-state index is 0.0270. The van der Waals surface area contributed by atoms with E-state index in [0.29, 0.717) is 17.1 Å². The zero-order chi connectivity index (χ0) is 14.5. The number of carboxylic acids is 1. The Kier molecular flexibility index (Phi) is 4.73. The van der Waals surface area contributed by atoms with Gasteiger partial charge in [-0.15, -0.1) is 11.8 Å². The van der Waals surface area contributed by atoms with Crippen molar-refractivity contribution in [2.24, 2.45) is 0 Å². The van der Waals surface area contributed by atoms with Gasteiger partial charge in [-0.3, -0.25) is 9.36 Å². The summed E-state index contributed by atoms with van der Waals surface area (Å²) in [6.07, 6.45) is 2.56. The Labute approximate surface area is 118 Å². The molecule has 4 nitrogen and oxygen atoms in total. The molecule has 0 radical (unpaired) electrons. The fraction of sp³-hybridized carbons (Fsp3) is 0.231. The van der Waals surface area contributed by atoms with Gasteiger partial charge in [0.05, 0.1) is 12.2 Å². The zero-order valence-corrected chi connectivity index (χ0v) is 11.2. The number of hydrogen-bond acceptors (Lipinski definition) is 3. The molecule has 106 valence electrons. The van der Waals surface area contributed by atoms with Crippen LogP contribution in [-0.2, 0) is 17.0 Å². The second-order valence-electron chi connectivity index (χ2n) is 4.03. The van der Waals surface area contributed by atoms with Crippen LogP contribution in [0.1, 0.15) is 17.9 Å². The molecule has 0 unspecified atom stereocenters. The third-order valence-electron chi connectivity index (χ3n) is 2.61. The molecule has 0 bridgehead atoms. The van der Waals surface area contributed by atoms with Crippen LogP contribution in [0.15, 0.2) is 41.6 Å². The third-order valence-corrected chi connectivity index (χ3v) is 3.61. The smallest absolute Gasteiger partial charge is 0.319 e. The van der Waals surface area contributed by atoms with Crippen LogP contribution in [0.2, 0.25) is 0 Å². The molecule has 1 N–H and O–H groups in total. The number of benzene rings is 1. The van der Waals surface area contributed by atoms with Gasteiger partial charge < -0.3 is 5.11 Å². The summed E-state index contributed by atoms with van der Waals surface area (Å²) in [5.74, 6) is -0.251. The van der Waals surface area contributed by atoms with Crippen LogP contribution >= 0.6 is 11.8 Å². The highest BCUT2D eigenvalue weighted by Crippen LogP contribution is 2.24. The highest BCUT2D eigenvalue weighted by atomic mass is 32.2. The predicted octanol–water partition coefficient (Wildman–Crippen LogP) is 3.20. The van der Waals surface area contributed by atoms with Gasteiger partial charge in [-0.2, -0.15) is 8.78 Å². The topological polar surface area (TPSA) is 55.1 Å². The van der Waals surface area contributed by atoms with E-state index in [0.717, 1.165) is 9.46 Å². The van der Waals surface area contributed by atoms with E-state index in [4.69, 9.17) is 5.11 Å². The van der Waals surface area contributed by atoms with E-state index in [1.807, 2.05) is 0 Å². The average molecular weight is 298 g/mol. The second-order valence-corrected chi connectivity index (χ2v) is 5.08. The van der Waals surface area contributed by atoms with E-state index in [1.165, 1.54) is 24.2 Å². The van der Waals surface area contributed by atoms with Crippen molar-refractivity contribution in [1.29, 1.82) is 0 Å². The standard InChI is InChI=1S/C13H12F2N2O2S/c14-13(15)17-6-5-16-11(17)8-20-10-3-1-9(2-4-10)7-12(18)19/h1-6,13H,7-8H2,(H,18,19). The summed E-state index contributed by atoms with van der Waals surface area (Å²) in [5, 5.41) is 8.66. The van der Waals surface area contributed by atoms with Crippen LogP contribution in [0.25, 0.3) is 0 Å². The molecule has 0 amide bonds. The Morgan fingerprint density at radius 3 is 2.65 bits per heavy atom. The van der Waals surface area contributed by atoms with Gasteiger partial charge in [0.2, 0.25) is 0 Å². The first-order chi connectivity index (χ1) is 9.56. The summed E-state index contributed by atoms with van der Waals surface area (Å²) in [7, 11) is 0. The SMILES string of the molecule is O=C(O)Cc1ccc(SCc2nccn2C(F)F)cc1. The lowest BCUT2D eigenvalue weighted by molar-refractivity contribution is -0.136. The fourth-order valence-corrected chi connectivity index (χ4v) is 2.51. The molecular formula is C13H12F2N2O2S. The van der Waals surface area contributed by atoms with Gasteiger partial charge in [-0.1, -0.05) is 12.1 Å². The number of aromatic nitrogens is 2. The number of carbonyl (C=O) groups is 1. The number of nitrogens with zero attached hydrogens (tertiary/aromatic N) is 2. The molecule has 0 aliphatic heterocycles. The summed E-state index contributed by atoms with van der Waals surface area (Å²) < 4.78 is 26.1. The monoisotopic (exact) mass is 298 g/mol. The molecule has 0 saturated carbocycles. The number of rotatable bonds is 6. The molecular weight excluding hydrogens is 286 g/mol. The van der Waals surface area contributed by atoms with Crippen molar-refractivity contribution < 1.29 is 18.7 Å². The van der Waals surface area contributed by atoms with Gasteiger partial charge in [0, 0.05) is 17.3 Å². The van der Waals surface area contributed by atoms with E-state index in [1.54, 1.807) is 24.3 Å². The van der Waals surface area contributed by atoms with Crippen LogP contribution in [0.4, 0.5) is 8.78 Å². The van der Waals surface area contributed by atoms with Crippen molar-refractivity contribution in [3.63, 3.8) is 0 Å². The number of thioether (sulfide) groups is 1. The Bertz CT molecular complexity index is 584. The Morgan fingerprint density at radius 2 is 2.05 bits per heavy atom. The zero-order valence-electron chi connectivity index (χ0n) is 10.4. The molecule has 2 rings (SSSR count). The fourth-order valence-electron chi connectivity index (χ4n) is 1.66. The maximum atomic E-state index is 12.6. The Balaban J connectivity index is 1.97. The van der Waals surface area contributed by atoms with Crippen LogP contribution in [0, 0.1) is 0 Å². The van der Waals surface area contributed by atoms with Gasteiger partial charge in [0.1, 0.15) is 5.82 Å². The molecule has 0 saturated heterocycles. The highest BCUT2D eigenvalue weighted by Gasteiger charge is 2.11. The molecule has 2 aromatic rings. The lowest BCUT2D eigenvalue weighted by Crippen LogP contribution is -2.02. The first kappa shape index (κ1) is 14.5. The van der Waals surface area contributed by atoms with E-state index >= 15 is 0 Å². The molecule has 1 heterocycles. The van der Waals surface area contributed by atoms with Crippen molar-refractivity contribution in [3.8, 4) is 0 Å². The molecule has 0 fully saturated rings. The largest absolute Gasteiger partial charge is 0.481 e. The molecule has 1 aromatic heterocycles.